The summed E-state index contributed by atoms with van der Waals surface area (Å²) in [6, 6.07) is 10.3. The maximum absolute atomic E-state index is 9.28. The second-order valence-corrected chi connectivity index (χ2v) is 4.54. The van der Waals surface area contributed by atoms with Crippen LogP contribution in [0.2, 0.25) is 0 Å². The minimum Gasteiger partial charge on any atom is -0.299 e. The number of nitriles is 1. The van der Waals surface area contributed by atoms with Crippen molar-refractivity contribution in [1.82, 2.24) is 4.90 Å². The molecule has 1 unspecified atom stereocenters. The Balaban J connectivity index is 2.27. The Morgan fingerprint density at radius 1 is 1.26 bits per heavy atom. The van der Waals surface area contributed by atoms with Crippen LogP contribution in [0.5, 0.6) is 0 Å². The first-order valence-electron chi connectivity index (χ1n) is 6.63. The van der Waals surface area contributed by atoms with Gasteiger partial charge in [-0.25, -0.2) is 0 Å². The van der Waals surface area contributed by atoms with Crippen LogP contribution < -0.4 is 0 Å². The van der Waals surface area contributed by atoms with Crippen LogP contribution in [0, 0.1) is 11.5 Å². The minimum absolute atomic E-state index is 0.0511. The van der Waals surface area contributed by atoms with Crippen molar-refractivity contribution in [2.75, 3.05) is 6.54 Å². The summed E-state index contributed by atoms with van der Waals surface area (Å²) in [7, 11) is 0. The lowest BCUT2D eigenvalue weighted by atomic mass is 9.98. The molecule has 0 radical (unpaired) electrons. The summed E-state index contributed by atoms with van der Waals surface area (Å²) in [5, 5.41) is 9.28. The molecule has 96 valence electrons. The Kier molecular flexibility index (Phi) is 4.58. The van der Waals surface area contributed by atoms with Gasteiger partial charge in [-0.1, -0.05) is 61.6 Å². The fraction of sp³-hybridized carbons (Fsp3) is 0.235. The van der Waals surface area contributed by atoms with Gasteiger partial charge in [0.15, 0.2) is 6.19 Å². The molecule has 1 aromatic rings. The summed E-state index contributed by atoms with van der Waals surface area (Å²) >= 11 is 0. The van der Waals surface area contributed by atoms with Crippen LogP contribution in [0.4, 0.5) is 0 Å². The van der Waals surface area contributed by atoms with E-state index in [4.69, 9.17) is 0 Å². The van der Waals surface area contributed by atoms with Gasteiger partial charge in [0.05, 0.1) is 6.04 Å². The Labute approximate surface area is 115 Å². The molecular weight excluding hydrogens is 232 g/mol. The molecule has 0 bridgehead atoms. The van der Waals surface area contributed by atoms with Crippen LogP contribution in [0.3, 0.4) is 0 Å². The Hall–Kier alpha value is -2.27. The third-order valence-corrected chi connectivity index (χ3v) is 3.10. The molecule has 0 N–H and O–H groups in total. The van der Waals surface area contributed by atoms with E-state index in [2.05, 4.69) is 43.5 Å². The van der Waals surface area contributed by atoms with Crippen LogP contribution >= 0.6 is 0 Å². The summed E-state index contributed by atoms with van der Waals surface area (Å²) in [5.74, 6) is 0. The van der Waals surface area contributed by atoms with Crippen molar-refractivity contribution in [2.45, 2.75) is 19.4 Å². The average molecular weight is 250 g/mol. The zero-order chi connectivity index (χ0) is 13.5. The van der Waals surface area contributed by atoms with Crippen LogP contribution in [0.25, 0.3) is 6.08 Å². The van der Waals surface area contributed by atoms with Gasteiger partial charge >= 0.3 is 0 Å². The van der Waals surface area contributed by atoms with Gasteiger partial charge in [0, 0.05) is 6.54 Å². The summed E-state index contributed by atoms with van der Waals surface area (Å²) < 4.78 is 0. The normalized spacial score (nSPS) is 19.4. The van der Waals surface area contributed by atoms with E-state index in [1.165, 1.54) is 0 Å². The minimum atomic E-state index is 0.0511. The topological polar surface area (TPSA) is 27.0 Å². The summed E-state index contributed by atoms with van der Waals surface area (Å²) in [6.07, 6.45) is 13.6. The molecule has 1 aromatic carbocycles. The molecule has 0 heterocycles. The molecule has 0 amide bonds. The van der Waals surface area contributed by atoms with Crippen molar-refractivity contribution >= 4 is 6.08 Å². The van der Waals surface area contributed by atoms with Gasteiger partial charge in [0.2, 0.25) is 0 Å². The predicted molar refractivity (Wildman–Crippen MR) is 79.1 cm³/mol. The highest BCUT2D eigenvalue weighted by molar-refractivity contribution is 5.59. The number of hydrogen-bond donors (Lipinski definition) is 0. The van der Waals surface area contributed by atoms with E-state index < -0.39 is 0 Å². The summed E-state index contributed by atoms with van der Waals surface area (Å²) in [4.78, 5) is 1.83. The Morgan fingerprint density at radius 2 is 2.05 bits per heavy atom. The number of nitrogens with zero attached hydrogens (tertiary/aromatic N) is 2. The van der Waals surface area contributed by atoms with Crippen LogP contribution in [0.15, 0.2) is 60.2 Å². The third kappa shape index (κ3) is 3.35. The fourth-order valence-electron chi connectivity index (χ4n) is 2.20. The van der Waals surface area contributed by atoms with Crippen molar-refractivity contribution in [3.8, 4) is 6.19 Å². The molecule has 1 aliphatic carbocycles. The van der Waals surface area contributed by atoms with Gasteiger partial charge in [-0.15, -0.1) is 0 Å². The summed E-state index contributed by atoms with van der Waals surface area (Å²) in [6.45, 7) is 2.87. The van der Waals surface area contributed by atoms with Crippen LogP contribution in [-0.4, -0.2) is 17.5 Å². The van der Waals surface area contributed by atoms with E-state index in [-0.39, 0.29) is 6.04 Å². The smallest absolute Gasteiger partial charge is 0.180 e. The highest BCUT2D eigenvalue weighted by Crippen LogP contribution is 2.20. The van der Waals surface area contributed by atoms with Gasteiger partial charge in [-0.3, -0.25) is 4.90 Å². The highest BCUT2D eigenvalue weighted by Gasteiger charge is 2.18. The van der Waals surface area contributed by atoms with E-state index in [9.17, 15) is 5.26 Å². The van der Waals surface area contributed by atoms with Gasteiger partial charge in [-0.2, -0.15) is 5.26 Å². The lowest BCUT2D eigenvalue weighted by molar-refractivity contribution is 0.368. The third-order valence-electron chi connectivity index (χ3n) is 3.10. The average Bonchev–Trinajstić information content (AvgIpc) is 2.47. The fourth-order valence-corrected chi connectivity index (χ4v) is 2.20. The zero-order valence-electron chi connectivity index (χ0n) is 11.2. The quantitative estimate of drug-likeness (QED) is 0.601. The number of benzene rings is 1. The highest BCUT2D eigenvalue weighted by atomic mass is 15.1. The molecule has 0 spiro atoms. The molecule has 19 heavy (non-hydrogen) atoms. The molecular formula is C17H18N2. The van der Waals surface area contributed by atoms with Crippen molar-refractivity contribution in [3.05, 3.63) is 65.8 Å². The van der Waals surface area contributed by atoms with E-state index in [0.29, 0.717) is 0 Å². The van der Waals surface area contributed by atoms with Crippen LogP contribution in [0.1, 0.15) is 18.9 Å². The van der Waals surface area contributed by atoms with E-state index in [1.807, 2.05) is 35.3 Å². The van der Waals surface area contributed by atoms with Crippen molar-refractivity contribution in [3.63, 3.8) is 0 Å². The van der Waals surface area contributed by atoms with E-state index in [0.717, 1.165) is 24.1 Å². The lowest BCUT2D eigenvalue weighted by Crippen LogP contribution is -2.32. The maximum Gasteiger partial charge on any atom is 0.180 e. The van der Waals surface area contributed by atoms with E-state index in [1.54, 1.807) is 0 Å². The van der Waals surface area contributed by atoms with Crippen LogP contribution in [-0.2, 0) is 0 Å². The van der Waals surface area contributed by atoms with Gasteiger partial charge in [0.25, 0.3) is 0 Å². The Morgan fingerprint density at radius 3 is 2.74 bits per heavy atom. The molecule has 2 heteroatoms. The molecule has 0 saturated heterocycles. The number of hydrogen-bond acceptors (Lipinski definition) is 2. The lowest BCUT2D eigenvalue weighted by Gasteiger charge is -2.26. The SMILES string of the molecule is CCCN(C#N)C1C=CC=CC1=Cc1ccccc1. The standard InChI is InChI=1S/C17H18N2/c1-2-12-19(14-18)17-11-7-6-10-16(17)13-15-8-4-3-5-9-15/h3-11,13,17H,2,12H2,1H3. The second kappa shape index (κ2) is 6.61. The van der Waals surface area contributed by atoms with Crippen molar-refractivity contribution in [1.29, 1.82) is 5.26 Å². The molecule has 2 nitrogen and oxygen atoms in total. The summed E-state index contributed by atoms with van der Waals surface area (Å²) in [5.41, 5.74) is 2.32. The number of rotatable bonds is 4. The van der Waals surface area contributed by atoms with E-state index >= 15 is 0 Å². The molecule has 0 aromatic heterocycles. The molecule has 2 rings (SSSR count). The van der Waals surface area contributed by atoms with Crippen molar-refractivity contribution in [2.24, 2.45) is 0 Å². The van der Waals surface area contributed by atoms with Crippen molar-refractivity contribution < 1.29 is 0 Å². The molecule has 1 aliphatic rings. The second-order valence-electron chi connectivity index (χ2n) is 4.54. The molecule has 1 atom stereocenters. The maximum atomic E-state index is 9.28. The molecule has 0 fully saturated rings. The first kappa shape index (κ1) is 13.2. The molecule has 0 aliphatic heterocycles. The monoisotopic (exact) mass is 250 g/mol. The Bertz CT molecular complexity index is 532. The first-order valence-corrected chi connectivity index (χ1v) is 6.63. The van der Waals surface area contributed by atoms with Gasteiger partial charge < -0.3 is 0 Å². The molecule has 0 saturated carbocycles. The number of allylic oxidation sites excluding steroid dienone is 2. The zero-order valence-corrected chi connectivity index (χ0v) is 11.2. The first-order chi connectivity index (χ1) is 9.35. The van der Waals surface area contributed by atoms with Gasteiger partial charge in [0.1, 0.15) is 0 Å². The van der Waals surface area contributed by atoms with Gasteiger partial charge in [-0.05, 0) is 23.6 Å². The predicted octanol–water partition coefficient (Wildman–Crippen LogP) is 3.76. The largest absolute Gasteiger partial charge is 0.299 e.